The molecule has 1 aromatic rings. The summed E-state index contributed by atoms with van der Waals surface area (Å²) in [4.78, 5) is 35.5. The fourth-order valence-corrected chi connectivity index (χ4v) is 1.81. The van der Waals surface area contributed by atoms with Crippen LogP contribution >= 0.6 is 0 Å². The predicted molar refractivity (Wildman–Crippen MR) is 81.9 cm³/mol. The number of ether oxygens (including phenoxy) is 2. The lowest BCUT2D eigenvalue weighted by atomic mass is 10.1. The smallest absolute Gasteiger partial charge is 0.408 e. The fraction of sp³-hybridized carbons (Fsp3) is 0.600. The summed E-state index contributed by atoms with van der Waals surface area (Å²) in [5.74, 6) is -0.852. The first-order valence-electron chi connectivity index (χ1n) is 7.22. The molecule has 0 aromatic carbocycles. The number of nitrogens with one attached hydrogen (secondary N) is 1. The third kappa shape index (κ3) is 6.50. The van der Waals surface area contributed by atoms with E-state index in [1.54, 1.807) is 40.1 Å². The maximum Gasteiger partial charge on any atom is 0.408 e. The van der Waals surface area contributed by atoms with Crippen molar-refractivity contribution in [3.8, 4) is 0 Å². The van der Waals surface area contributed by atoms with Crippen molar-refractivity contribution in [1.82, 2.24) is 15.1 Å². The van der Waals surface area contributed by atoms with Crippen molar-refractivity contribution < 1.29 is 23.9 Å². The van der Waals surface area contributed by atoms with Gasteiger partial charge in [-0.05, 0) is 33.3 Å². The van der Waals surface area contributed by atoms with Crippen LogP contribution < -0.4 is 5.32 Å². The molecule has 0 saturated carbocycles. The van der Waals surface area contributed by atoms with E-state index in [0.29, 0.717) is 5.69 Å². The van der Waals surface area contributed by atoms with E-state index >= 15 is 0 Å². The van der Waals surface area contributed by atoms with Crippen LogP contribution in [-0.4, -0.2) is 46.4 Å². The van der Waals surface area contributed by atoms with Crippen molar-refractivity contribution in [1.29, 1.82) is 0 Å². The van der Waals surface area contributed by atoms with Crippen molar-refractivity contribution in [3.05, 3.63) is 18.0 Å². The zero-order valence-corrected chi connectivity index (χ0v) is 14.1. The minimum atomic E-state index is -0.956. The summed E-state index contributed by atoms with van der Waals surface area (Å²) in [5.41, 5.74) is -0.373. The summed E-state index contributed by atoms with van der Waals surface area (Å²) in [7, 11) is 2.92. The molecule has 8 nitrogen and oxygen atoms in total. The minimum absolute atomic E-state index is 0.0482. The Balaban J connectivity index is 2.63. The Hall–Kier alpha value is -2.38. The van der Waals surface area contributed by atoms with Crippen LogP contribution in [0.2, 0.25) is 0 Å². The van der Waals surface area contributed by atoms with Gasteiger partial charge >= 0.3 is 12.1 Å². The van der Waals surface area contributed by atoms with E-state index in [-0.39, 0.29) is 18.6 Å². The Morgan fingerprint density at radius 1 is 1.35 bits per heavy atom. The fourth-order valence-electron chi connectivity index (χ4n) is 1.81. The predicted octanol–water partition coefficient (Wildman–Crippen LogP) is 1.45. The number of Topliss-reactive ketones (excluding diaryl/α,β-unsaturated/α-hetero) is 1. The second-order valence-electron chi connectivity index (χ2n) is 6.06. The van der Waals surface area contributed by atoms with E-state index in [1.807, 2.05) is 0 Å². The lowest BCUT2D eigenvalue weighted by Gasteiger charge is -2.22. The molecular weight excluding hydrogens is 302 g/mol. The zero-order valence-electron chi connectivity index (χ0n) is 14.1. The van der Waals surface area contributed by atoms with Crippen molar-refractivity contribution in [2.45, 2.75) is 45.3 Å². The summed E-state index contributed by atoms with van der Waals surface area (Å²) in [6.07, 6.45) is 1.07. The van der Waals surface area contributed by atoms with Gasteiger partial charge < -0.3 is 14.8 Å². The van der Waals surface area contributed by atoms with E-state index in [2.05, 4.69) is 15.2 Å². The minimum Gasteiger partial charge on any atom is -0.467 e. The number of hydrogen-bond acceptors (Lipinski definition) is 6. The molecular formula is C15H23N3O5. The van der Waals surface area contributed by atoms with E-state index in [9.17, 15) is 14.4 Å². The number of carbonyl (C=O) groups is 3. The van der Waals surface area contributed by atoms with Gasteiger partial charge in [-0.15, -0.1) is 0 Å². The molecule has 0 unspecified atom stereocenters. The first-order chi connectivity index (χ1) is 10.6. The molecule has 8 heteroatoms. The number of nitrogens with zero attached hydrogens (tertiary/aromatic N) is 2. The van der Waals surface area contributed by atoms with Gasteiger partial charge in [-0.2, -0.15) is 5.10 Å². The first kappa shape index (κ1) is 18.7. The van der Waals surface area contributed by atoms with Gasteiger partial charge in [0.1, 0.15) is 17.3 Å². The summed E-state index contributed by atoms with van der Waals surface area (Å²) in [6.45, 7) is 5.14. The zero-order chi connectivity index (χ0) is 17.6. The molecule has 23 heavy (non-hydrogen) atoms. The van der Waals surface area contributed by atoms with E-state index in [4.69, 9.17) is 4.74 Å². The van der Waals surface area contributed by atoms with Gasteiger partial charge in [0, 0.05) is 19.7 Å². The first-order valence-corrected chi connectivity index (χ1v) is 7.22. The molecule has 1 amide bonds. The maximum absolute atomic E-state index is 12.0. The number of esters is 1. The number of rotatable bonds is 6. The topological polar surface area (TPSA) is 99.5 Å². The number of carbonyl (C=O) groups excluding carboxylic acids is 3. The molecule has 128 valence electrons. The number of amides is 1. The van der Waals surface area contributed by atoms with Gasteiger partial charge in [0.05, 0.1) is 7.11 Å². The Morgan fingerprint density at radius 3 is 2.48 bits per heavy atom. The van der Waals surface area contributed by atoms with Gasteiger partial charge in [0.25, 0.3) is 0 Å². The molecule has 1 aromatic heterocycles. The maximum atomic E-state index is 12.0. The van der Waals surface area contributed by atoms with Gasteiger partial charge in [0.2, 0.25) is 0 Å². The standard InChI is InChI=1S/C15H23N3O5/c1-15(2,3)23-14(21)16-11(13(20)22-5)6-7-12(19)10-8-9-18(4)17-10/h8-9,11H,6-7H2,1-5H3,(H,16,21)/t11-/m1/s1. The number of aromatic nitrogens is 2. The van der Waals surface area contributed by atoms with Gasteiger partial charge in [-0.1, -0.05) is 0 Å². The Bertz CT molecular complexity index is 574. The van der Waals surface area contributed by atoms with Crippen molar-refractivity contribution in [3.63, 3.8) is 0 Å². The lowest BCUT2D eigenvalue weighted by molar-refractivity contribution is -0.143. The summed E-state index contributed by atoms with van der Waals surface area (Å²) < 4.78 is 11.3. The molecule has 0 aliphatic heterocycles. The second kappa shape index (κ2) is 7.75. The number of methoxy groups -OCH3 is 1. The number of alkyl carbamates (subject to hydrolysis) is 1. The highest BCUT2D eigenvalue weighted by molar-refractivity contribution is 5.94. The van der Waals surface area contributed by atoms with Crippen molar-refractivity contribution in [2.75, 3.05) is 7.11 Å². The Labute approximate surface area is 135 Å². The lowest BCUT2D eigenvalue weighted by Crippen LogP contribution is -2.44. The average molecular weight is 325 g/mol. The van der Waals surface area contributed by atoms with E-state index in [0.717, 1.165) is 0 Å². The Morgan fingerprint density at radius 2 is 2.00 bits per heavy atom. The SMILES string of the molecule is COC(=O)[C@@H](CCC(=O)c1ccn(C)n1)NC(=O)OC(C)(C)C. The van der Waals surface area contributed by atoms with E-state index < -0.39 is 23.7 Å². The normalized spacial score (nSPS) is 12.4. The van der Waals surface area contributed by atoms with Gasteiger partial charge in [-0.25, -0.2) is 9.59 Å². The Kier molecular flexibility index (Phi) is 6.29. The van der Waals surface area contributed by atoms with Crippen LogP contribution in [0.1, 0.15) is 44.1 Å². The van der Waals surface area contributed by atoms with Crippen LogP contribution in [0.4, 0.5) is 4.79 Å². The van der Waals surface area contributed by atoms with Crippen LogP contribution in [-0.2, 0) is 21.3 Å². The third-order valence-corrected chi connectivity index (χ3v) is 2.84. The summed E-state index contributed by atoms with van der Waals surface area (Å²) in [6, 6.07) is 0.638. The molecule has 1 rings (SSSR count). The highest BCUT2D eigenvalue weighted by atomic mass is 16.6. The van der Waals surface area contributed by atoms with Crippen LogP contribution in [0, 0.1) is 0 Å². The largest absolute Gasteiger partial charge is 0.467 e. The van der Waals surface area contributed by atoms with Crippen LogP contribution in [0.25, 0.3) is 0 Å². The monoisotopic (exact) mass is 325 g/mol. The van der Waals surface area contributed by atoms with Crippen LogP contribution in [0.15, 0.2) is 12.3 Å². The van der Waals surface area contributed by atoms with Gasteiger partial charge in [-0.3, -0.25) is 9.48 Å². The average Bonchev–Trinajstić information content (AvgIpc) is 2.86. The number of ketones is 1. The van der Waals surface area contributed by atoms with Crippen LogP contribution in [0.5, 0.6) is 0 Å². The molecule has 1 heterocycles. The van der Waals surface area contributed by atoms with Crippen LogP contribution in [0.3, 0.4) is 0 Å². The quantitative estimate of drug-likeness (QED) is 0.628. The highest BCUT2D eigenvalue weighted by Crippen LogP contribution is 2.10. The summed E-state index contributed by atoms with van der Waals surface area (Å²) in [5, 5.41) is 6.42. The van der Waals surface area contributed by atoms with Crippen molar-refractivity contribution in [2.24, 2.45) is 7.05 Å². The molecule has 0 radical (unpaired) electrons. The van der Waals surface area contributed by atoms with Gasteiger partial charge in [0.15, 0.2) is 5.78 Å². The number of aryl methyl sites for hydroxylation is 1. The molecule has 0 fully saturated rings. The molecule has 1 atom stereocenters. The molecule has 1 N–H and O–H groups in total. The van der Waals surface area contributed by atoms with E-state index in [1.165, 1.54) is 11.8 Å². The highest BCUT2D eigenvalue weighted by Gasteiger charge is 2.26. The molecule has 0 saturated heterocycles. The molecule has 0 spiro atoms. The van der Waals surface area contributed by atoms with Crippen molar-refractivity contribution >= 4 is 17.8 Å². The number of hydrogen-bond donors (Lipinski definition) is 1. The molecule has 0 aliphatic carbocycles. The molecule has 0 bridgehead atoms. The second-order valence-corrected chi connectivity index (χ2v) is 6.06. The third-order valence-electron chi connectivity index (χ3n) is 2.84. The summed E-state index contributed by atoms with van der Waals surface area (Å²) >= 11 is 0. The molecule has 0 aliphatic rings.